The fraction of sp³-hybridized carbons (Fsp3) is 0.393. The smallest absolute Gasteiger partial charge is 0.406 e. The number of rotatable bonds is 7. The molecule has 6 nitrogen and oxygen atoms in total. The second-order valence-electron chi connectivity index (χ2n) is 9.22. The summed E-state index contributed by atoms with van der Waals surface area (Å²) in [4.78, 5) is 11.8. The van der Waals surface area contributed by atoms with Crippen LogP contribution in [0, 0.1) is 17.7 Å². The molecule has 0 atom stereocenters. The van der Waals surface area contributed by atoms with Crippen LogP contribution in [0.4, 0.5) is 28.9 Å². The minimum atomic E-state index is -4.43. The van der Waals surface area contributed by atoms with Crippen molar-refractivity contribution in [3.8, 4) is 17.6 Å². The molecule has 1 aliphatic carbocycles. The molecular formula is C28H30F4N4O2. The first-order valence-electron chi connectivity index (χ1n) is 12.5. The number of ether oxygens (including phenoxy) is 1. The summed E-state index contributed by atoms with van der Waals surface area (Å²) in [5.41, 5.74) is 1.57. The first-order chi connectivity index (χ1) is 18.2. The van der Waals surface area contributed by atoms with Crippen LogP contribution in [-0.2, 0) is 6.54 Å². The van der Waals surface area contributed by atoms with Crippen molar-refractivity contribution >= 4 is 28.2 Å². The summed E-state index contributed by atoms with van der Waals surface area (Å²) >= 11 is 0. The van der Waals surface area contributed by atoms with Gasteiger partial charge in [0.2, 0.25) is 0 Å². The lowest BCUT2D eigenvalue weighted by molar-refractivity contribution is -0.140. The van der Waals surface area contributed by atoms with Crippen LogP contribution in [0.5, 0.6) is 5.75 Å². The van der Waals surface area contributed by atoms with Crippen molar-refractivity contribution in [3.05, 3.63) is 53.5 Å². The van der Waals surface area contributed by atoms with Gasteiger partial charge in [-0.15, -0.1) is 0 Å². The fourth-order valence-electron chi connectivity index (χ4n) is 4.77. The monoisotopic (exact) mass is 530 g/mol. The number of anilines is 2. The average molecular weight is 531 g/mol. The Morgan fingerprint density at radius 3 is 2.58 bits per heavy atom. The van der Waals surface area contributed by atoms with E-state index in [1.54, 1.807) is 18.2 Å². The number of hydrogen-bond donors (Lipinski definition) is 3. The van der Waals surface area contributed by atoms with E-state index in [0.29, 0.717) is 16.9 Å². The highest BCUT2D eigenvalue weighted by Crippen LogP contribution is 2.32. The van der Waals surface area contributed by atoms with Crippen molar-refractivity contribution in [2.45, 2.75) is 50.9 Å². The predicted octanol–water partition coefficient (Wildman–Crippen LogP) is 5.92. The van der Waals surface area contributed by atoms with Gasteiger partial charge in [0.1, 0.15) is 18.1 Å². The van der Waals surface area contributed by atoms with Crippen LogP contribution >= 0.6 is 0 Å². The third kappa shape index (κ3) is 6.33. The van der Waals surface area contributed by atoms with Gasteiger partial charge in [0.25, 0.3) is 5.91 Å². The number of benzene rings is 2. The zero-order valence-electron chi connectivity index (χ0n) is 21.3. The Balaban J connectivity index is 1.60. The molecule has 0 saturated heterocycles. The minimum absolute atomic E-state index is 0.00977. The standard InChI is InChI=1S/C28H30F4N4O2/c1-33-27(37)20-15-26(38-2)24(16-22(20)29)34-13-7-10-19-14-21-23(35-18-8-4-3-5-9-18)11-6-12-25(21)36(19)17-28(30,31)32/h6,11-12,14-16,18,34-35H,3-5,8-9,13,17H2,1-2H3,(H,33,37). The molecule has 1 heterocycles. The molecule has 38 heavy (non-hydrogen) atoms. The number of nitrogens with zero attached hydrogens (tertiary/aromatic N) is 1. The number of nitrogens with one attached hydrogen (secondary N) is 3. The summed E-state index contributed by atoms with van der Waals surface area (Å²) in [7, 11) is 2.77. The number of alkyl halides is 3. The largest absolute Gasteiger partial charge is 0.495 e. The van der Waals surface area contributed by atoms with Crippen LogP contribution in [0.25, 0.3) is 10.9 Å². The molecule has 1 fully saturated rings. The summed E-state index contributed by atoms with van der Waals surface area (Å²) in [6, 6.07) is 9.67. The third-order valence-corrected chi connectivity index (χ3v) is 6.59. The van der Waals surface area contributed by atoms with Gasteiger partial charge in [-0.1, -0.05) is 31.2 Å². The fourth-order valence-corrected chi connectivity index (χ4v) is 4.77. The van der Waals surface area contributed by atoms with Crippen molar-refractivity contribution in [3.63, 3.8) is 0 Å². The Labute approximate surface area is 218 Å². The Kier molecular flexibility index (Phi) is 8.35. The van der Waals surface area contributed by atoms with Gasteiger partial charge in [-0.25, -0.2) is 4.39 Å². The SMILES string of the molecule is CNC(=O)c1cc(OC)c(NCC#Cc2cc3c(NC4CCCCC4)cccc3n2CC(F)(F)F)cc1F. The summed E-state index contributed by atoms with van der Waals surface area (Å²) in [6.07, 6.45) is 1.11. The maximum atomic E-state index is 14.4. The number of aromatic nitrogens is 1. The van der Waals surface area contributed by atoms with E-state index < -0.39 is 24.4 Å². The second kappa shape index (κ2) is 11.7. The molecule has 202 valence electrons. The van der Waals surface area contributed by atoms with E-state index in [2.05, 4.69) is 27.8 Å². The minimum Gasteiger partial charge on any atom is -0.495 e. The first-order valence-corrected chi connectivity index (χ1v) is 12.5. The average Bonchev–Trinajstić information content (AvgIpc) is 3.23. The van der Waals surface area contributed by atoms with Crippen molar-refractivity contribution in [2.75, 3.05) is 31.3 Å². The third-order valence-electron chi connectivity index (χ3n) is 6.59. The van der Waals surface area contributed by atoms with E-state index in [4.69, 9.17) is 4.74 Å². The lowest BCUT2D eigenvalue weighted by atomic mass is 9.95. The van der Waals surface area contributed by atoms with Gasteiger partial charge in [0.15, 0.2) is 0 Å². The van der Waals surface area contributed by atoms with Crippen LogP contribution in [0.3, 0.4) is 0 Å². The molecular weight excluding hydrogens is 500 g/mol. The molecule has 1 aliphatic rings. The lowest BCUT2D eigenvalue weighted by Crippen LogP contribution is -2.22. The maximum Gasteiger partial charge on any atom is 0.406 e. The van der Waals surface area contributed by atoms with Gasteiger partial charge in [-0.05, 0) is 43.0 Å². The molecule has 0 unspecified atom stereocenters. The zero-order chi connectivity index (χ0) is 27.3. The molecule has 4 rings (SSSR count). The number of methoxy groups -OCH3 is 1. The quantitative estimate of drug-likeness (QED) is 0.262. The number of carbonyl (C=O) groups is 1. The summed E-state index contributed by atoms with van der Waals surface area (Å²) < 4.78 is 61.2. The van der Waals surface area contributed by atoms with Gasteiger partial charge in [-0.3, -0.25) is 4.79 Å². The van der Waals surface area contributed by atoms with Gasteiger partial charge < -0.3 is 25.3 Å². The van der Waals surface area contributed by atoms with Crippen LogP contribution < -0.4 is 20.7 Å². The van der Waals surface area contributed by atoms with Crippen molar-refractivity contribution in [2.24, 2.45) is 0 Å². The highest BCUT2D eigenvalue weighted by molar-refractivity contribution is 5.95. The van der Waals surface area contributed by atoms with E-state index in [1.807, 2.05) is 6.07 Å². The van der Waals surface area contributed by atoms with Crippen LogP contribution in [0.1, 0.15) is 48.2 Å². The predicted molar refractivity (Wildman–Crippen MR) is 140 cm³/mol. The molecule has 1 saturated carbocycles. The molecule has 0 spiro atoms. The van der Waals surface area contributed by atoms with Crippen LogP contribution in [-0.4, -0.2) is 43.4 Å². The van der Waals surface area contributed by atoms with E-state index in [0.717, 1.165) is 37.4 Å². The normalized spacial score (nSPS) is 14.1. The molecule has 1 aromatic heterocycles. The zero-order valence-corrected chi connectivity index (χ0v) is 21.3. The van der Waals surface area contributed by atoms with Crippen LogP contribution in [0.2, 0.25) is 0 Å². The number of hydrogen-bond acceptors (Lipinski definition) is 4. The van der Waals surface area contributed by atoms with E-state index in [-0.39, 0.29) is 29.2 Å². The van der Waals surface area contributed by atoms with Gasteiger partial charge in [0, 0.05) is 30.2 Å². The molecule has 10 heteroatoms. The number of amides is 1. The molecule has 0 bridgehead atoms. The van der Waals surface area contributed by atoms with Gasteiger partial charge in [-0.2, -0.15) is 13.2 Å². The van der Waals surface area contributed by atoms with E-state index in [1.165, 1.54) is 31.2 Å². The second-order valence-corrected chi connectivity index (χ2v) is 9.22. The Morgan fingerprint density at radius 1 is 1.13 bits per heavy atom. The lowest BCUT2D eigenvalue weighted by Gasteiger charge is -2.24. The van der Waals surface area contributed by atoms with Gasteiger partial charge in [0.05, 0.1) is 36.1 Å². The van der Waals surface area contributed by atoms with Crippen molar-refractivity contribution in [1.29, 1.82) is 0 Å². The van der Waals surface area contributed by atoms with E-state index in [9.17, 15) is 22.4 Å². The molecule has 3 N–H and O–H groups in total. The molecule has 0 aliphatic heterocycles. The highest BCUT2D eigenvalue weighted by Gasteiger charge is 2.30. The summed E-state index contributed by atoms with van der Waals surface area (Å²) in [6.45, 7) is -1.16. The topological polar surface area (TPSA) is 67.3 Å². The number of halogens is 4. The molecule has 1 amide bonds. The number of fused-ring (bicyclic) bond motifs is 1. The van der Waals surface area contributed by atoms with Gasteiger partial charge >= 0.3 is 6.18 Å². The molecule has 2 aromatic carbocycles. The molecule has 3 aromatic rings. The van der Waals surface area contributed by atoms with E-state index >= 15 is 0 Å². The summed E-state index contributed by atoms with van der Waals surface area (Å²) in [5.74, 6) is 4.56. The summed E-state index contributed by atoms with van der Waals surface area (Å²) in [5, 5.41) is 9.48. The Morgan fingerprint density at radius 2 is 1.89 bits per heavy atom. The van der Waals surface area contributed by atoms with Crippen molar-refractivity contribution in [1.82, 2.24) is 9.88 Å². The highest BCUT2D eigenvalue weighted by atomic mass is 19.4. The van der Waals surface area contributed by atoms with Crippen molar-refractivity contribution < 1.29 is 27.1 Å². The first kappa shape index (κ1) is 27.2. The van der Waals surface area contributed by atoms with Crippen LogP contribution in [0.15, 0.2) is 36.4 Å². The molecule has 0 radical (unpaired) electrons. The Bertz CT molecular complexity index is 1370. The Hall–Kier alpha value is -3.87. The maximum absolute atomic E-state index is 14.4. The number of carbonyl (C=O) groups excluding carboxylic acids is 1.